The van der Waals surface area contributed by atoms with Crippen LogP contribution >= 0.6 is 0 Å². The third-order valence-corrected chi connectivity index (χ3v) is 4.07. The fourth-order valence-electron chi connectivity index (χ4n) is 2.85. The Bertz CT molecular complexity index is 363. The van der Waals surface area contributed by atoms with Crippen LogP contribution < -0.4 is 5.11 Å². The lowest BCUT2D eigenvalue weighted by atomic mass is 9.95. The van der Waals surface area contributed by atoms with Crippen molar-refractivity contribution in [1.29, 1.82) is 0 Å². The van der Waals surface area contributed by atoms with E-state index in [4.69, 9.17) is 4.74 Å². The highest BCUT2D eigenvalue weighted by molar-refractivity contribution is 5.73. The average molecular weight is 344 g/mol. The summed E-state index contributed by atoms with van der Waals surface area (Å²) in [6, 6.07) is 0. The molecule has 0 saturated carbocycles. The van der Waals surface area contributed by atoms with Gasteiger partial charge in [0.05, 0.1) is 27.1 Å². The van der Waals surface area contributed by atoms with Gasteiger partial charge in [0.2, 0.25) is 0 Å². The summed E-state index contributed by atoms with van der Waals surface area (Å²) in [7, 11) is 5.86. The van der Waals surface area contributed by atoms with Crippen molar-refractivity contribution in [1.82, 2.24) is 0 Å². The zero-order valence-corrected chi connectivity index (χ0v) is 16.3. The van der Waals surface area contributed by atoms with Crippen LogP contribution in [0.5, 0.6) is 0 Å². The standard InChI is InChI=1S/C19H37NO4/c1-6-8-10-11-13-16(12-9-7-2)19(23)24-17(14-18(21)22)15-20(3,4)5/h16-17H,6-15H2,1-5H3/t16?,17-/m1/s1. The van der Waals surface area contributed by atoms with Gasteiger partial charge in [0, 0.05) is 12.4 Å². The summed E-state index contributed by atoms with van der Waals surface area (Å²) in [4.78, 5) is 23.5. The lowest BCUT2D eigenvalue weighted by Crippen LogP contribution is -2.45. The number of likely N-dealkylation sites (N-methyl/N-ethyl adjacent to an activating group) is 1. The maximum atomic E-state index is 12.5. The molecule has 0 fully saturated rings. The lowest BCUT2D eigenvalue weighted by molar-refractivity contribution is -0.873. The summed E-state index contributed by atoms with van der Waals surface area (Å²) < 4.78 is 6.12. The highest BCUT2D eigenvalue weighted by Gasteiger charge is 2.26. The van der Waals surface area contributed by atoms with Gasteiger partial charge in [-0.05, 0) is 12.8 Å². The molecule has 0 spiro atoms. The summed E-state index contributed by atoms with van der Waals surface area (Å²) in [6.45, 7) is 4.74. The van der Waals surface area contributed by atoms with Crippen molar-refractivity contribution < 1.29 is 23.9 Å². The van der Waals surface area contributed by atoms with Crippen LogP contribution in [0.25, 0.3) is 0 Å². The molecule has 0 heterocycles. The highest BCUT2D eigenvalue weighted by atomic mass is 16.5. The summed E-state index contributed by atoms with van der Waals surface area (Å²) in [5, 5.41) is 11.0. The number of rotatable bonds is 14. The molecular formula is C19H37NO4. The number of ether oxygens (including phenoxy) is 1. The van der Waals surface area contributed by atoms with E-state index < -0.39 is 12.1 Å². The van der Waals surface area contributed by atoms with Crippen LogP contribution in [0.15, 0.2) is 0 Å². The molecule has 0 rings (SSSR count). The molecule has 2 atom stereocenters. The molecule has 0 aliphatic rings. The van der Waals surface area contributed by atoms with Crippen LogP contribution in [0, 0.1) is 5.92 Å². The number of esters is 1. The van der Waals surface area contributed by atoms with Crippen molar-refractivity contribution in [2.24, 2.45) is 5.92 Å². The second-order valence-electron chi connectivity index (χ2n) is 7.80. The molecule has 0 aromatic rings. The zero-order valence-electron chi connectivity index (χ0n) is 16.3. The Hall–Kier alpha value is -1.10. The number of quaternary nitrogens is 1. The van der Waals surface area contributed by atoms with Crippen LogP contribution in [0.1, 0.15) is 71.6 Å². The number of carbonyl (C=O) groups excluding carboxylic acids is 2. The number of aliphatic carboxylic acids is 1. The summed E-state index contributed by atoms with van der Waals surface area (Å²) in [5.41, 5.74) is 0. The summed E-state index contributed by atoms with van der Waals surface area (Å²) in [5.74, 6) is -1.52. The van der Waals surface area contributed by atoms with Crippen molar-refractivity contribution in [3.05, 3.63) is 0 Å². The molecule has 1 unspecified atom stereocenters. The first-order valence-electron chi connectivity index (χ1n) is 9.40. The first-order chi connectivity index (χ1) is 11.2. The van der Waals surface area contributed by atoms with E-state index in [-0.39, 0.29) is 18.3 Å². The first kappa shape index (κ1) is 22.9. The van der Waals surface area contributed by atoms with Gasteiger partial charge in [0.25, 0.3) is 0 Å². The van der Waals surface area contributed by atoms with E-state index >= 15 is 0 Å². The van der Waals surface area contributed by atoms with E-state index in [1.807, 2.05) is 21.1 Å². The summed E-state index contributed by atoms with van der Waals surface area (Å²) in [6.07, 6.45) is 7.34. The minimum Gasteiger partial charge on any atom is -0.550 e. The predicted octanol–water partition coefficient (Wildman–Crippen LogP) is 2.52. The van der Waals surface area contributed by atoms with Crippen LogP contribution in [0.2, 0.25) is 0 Å². The fraction of sp³-hybridized carbons (Fsp3) is 0.895. The van der Waals surface area contributed by atoms with Crippen LogP contribution in [-0.2, 0) is 14.3 Å². The van der Waals surface area contributed by atoms with Gasteiger partial charge in [0.15, 0.2) is 6.10 Å². The fourth-order valence-corrected chi connectivity index (χ4v) is 2.85. The number of nitrogens with zero attached hydrogens (tertiary/aromatic N) is 1. The molecular weight excluding hydrogens is 306 g/mol. The van der Waals surface area contributed by atoms with Gasteiger partial charge in [-0.25, -0.2) is 0 Å². The Labute approximate surface area is 148 Å². The minimum atomic E-state index is -1.17. The smallest absolute Gasteiger partial charge is 0.309 e. The average Bonchev–Trinajstić information content (AvgIpc) is 2.43. The largest absolute Gasteiger partial charge is 0.550 e. The van der Waals surface area contributed by atoms with Gasteiger partial charge < -0.3 is 19.1 Å². The van der Waals surface area contributed by atoms with Crippen molar-refractivity contribution >= 4 is 11.9 Å². The van der Waals surface area contributed by atoms with Crippen molar-refractivity contribution in [2.75, 3.05) is 27.7 Å². The van der Waals surface area contributed by atoms with Crippen LogP contribution in [0.3, 0.4) is 0 Å². The zero-order chi connectivity index (χ0) is 18.6. The third-order valence-electron chi connectivity index (χ3n) is 4.07. The predicted molar refractivity (Wildman–Crippen MR) is 94.2 cm³/mol. The molecule has 0 N–H and O–H groups in total. The molecule has 0 aromatic heterocycles. The van der Waals surface area contributed by atoms with E-state index in [1.54, 1.807) is 0 Å². The lowest BCUT2D eigenvalue weighted by Gasteiger charge is -2.30. The number of unbranched alkanes of at least 4 members (excludes halogenated alkanes) is 4. The Morgan fingerprint density at radius 2 is 1.54 bits per heavy atom. The van der Waals surface area contributed by atoms with E-state index in [1.165, 1.54) is 12.8 Å². The SMILES string of the molecule is CCCCCCC(CCCC)C(=O)O[C@H](CC(=O)[O-])C[N+](C)(C)C. The van der Waals surface area contributed by atoms with Crippen molar-refractivity contribution in [3.63, 3.8) is 0 Å². The maximum absolute atomic E-state index is 12.5. The molecule has 0 radical (unpaired) electrons. The Kier molecular flexibility index (Phi) is 11.7. The van der Waals surface area contributed by atoms with E-state index in [9.17, 15) is 14.7 Å². The molecule has 24 heavy (non-hydrogen) atoms. The molecule has 0 bridgehead atoms. The van der Waals surface area contributed by atoms with Gasteiger partial charge in [0.1, 0.15) is 6.54 Å². The van der Waals surface area contributed by atoms with Crippen LogP contribution in [-0.4, -0.2) is 50.2 Å². The normalized spacial score (nSPS) is 14.2. The van der Waals surface area contributed by atoms with E-state index in [2.05, 4.69) is 13.8 Å². The molecule has 0 saturated heterocycles. The highest BCUT2D eigenvalue weighted by Crippen LogP contribution is 2.20. The molecule has 0 aliphatic carbocycles. The molecule has 0 aromatic carbocycles. The van der Waals surface area contributed by atoms with E-state index in [0.29, 0.717) is 11.0 Å². The second-order valence-corrected chi connectivity index (χ2v) is 7.80. The number of carboxylic acids is 1. The maximum Gasteiger partial charge on any atom is 0.309 e. The monoisotopic (exact) mass is 343 g/mol. The van der Waals surface area contributed by atoms with Crippen molar-refractivity contribution in [2.45, 2.75) is 77.7 Å². The Morgan fingerprint density at radius 3 is 2.04 bits per heavy atom. The van der Waals surface area contributed by atoms with Gasteiger partial charge in [-0.15, -0.1) is 0 Å². The number of hydrogen-bond donors (Lipinski definition) is 0. The number of hydrogen-bond acceptors (Lipinski definition) is 4. The Balaban J connectivity index is 4.71. The third kappa shape index (κ3) is 12.3. The molecule has 0 aliphatic heterocycles. The number of carboxylic acid groups (broad SMARTS) is 1. The van der Waals surface area contributed by atoms with Gasteiger partial charge >= 0.3 is 5.97 Å². The van der Waals surface area contributed by atoms with Crippen LogP contribution in [0.4, 0.5) is 0 Å². The van der Waals surface area contributed by atoms with Gasteiger partial charge in [-0.2, -0.15) is 0 Å². The van der Waals surface area contributed by atoms with Crippen molar-refractivity contribution in [3.8, 4) is 0 Å². The summed E-state index contributed by atoms with van der Waals surface area (Å²) >= 11 is 0. The molecule has 5 nitrogen and oxygen atoms in total. The first-order valence-corrected chi connectivity index (χ1v) is 9.40. The topological polar surface area (TPSA) is 66.4 Å². The van der Waals surface area contributed by atoms with Gasteiger partial charge in [-0.3, -0.25) is 4.79 Å². The second kappa shape index (κ2) is 12.3. The number of carbonyl (C=O) groups is 2. The molecule has 0 amide bonds. The molecule has 142 valence electrons. The van der Waals surface area contributed by atoms with E-state index in [0.717, 1.165) is 38.5 Å². The molecule has 5 heteroatoms. The quantitative estimate of drug-likeness (QED) is 0.276. The van der Waals surface area contributed by atoms with Gasteiger partial charge in [-0.1, -0.05) is 52.4 Å². The minimum absolute atomic E-state index is 0.112. The Morgan fingerprint density at radius 1 is 0.958 bits per heavy atom.